The highest BCUT2D eigenvalue weighted by atomic mass is 79.9. The minimum atomic E-state index is 0.938. The van der Waals surface area contributed by atoms with Gasteiger partial charge in [0.1, 0.15) is 0 Å². The van der Waals surface area contributed by atoms with E-state index in [9.17, 15) is 0 Å². The molecule has 0 unspecified atom stereocenters. The summed E-state index contributed by atoms with van der Waals surface area (Å²) >= 11 is 3.67. The summed E-state index contributed by atoms with van der Waals surface area (Å²) in [5.74, 6) is 0. The lowest BCUT2D eigenvalue weighted by molar-refractivity contribution is 0.315. The van der Waals surface area contributed by atoms with E-state index in [-0.39, 0.29) is 0 Å². The van der Waals surface area contributed by atoms with Gasteiger partial charge in [0.05, 0.1) is 15.9 Å². The summed E-state index contributed by atoms with van der Waals surface area (Å²) in [6.07, 6.45) is 2.17. The standard InChI is InChI=1S/C12H22BrN3/c1-5-8-15(4)9-11-12(13)10(6-2)14-16(11)7-3/h5-9H2,1-4H3. The molecule has 0 atom stereocenters. The van der Waals surface area contributed by atoms with Crippen LogP contribution in [0.5, 0.6) is 0 Å². The molecule has 0 radical (unpaired) electrons. The van der Waals surface area contributed by atoms with Crippen LogP contribution in [-0.4, -0.2) is 28.3 Å². The first kappa shape index (κ1) is 13.7. The van der Waals surface area contributed by atoms with Crippen molar-refractivity contribution in [3.05, 3.63) is 15.9 Å². The highest BCUT2D eigenvalue weighted by molar-refractivity contribution is 9.10. The Balaban J connectivity index is 2.88. The predicted molar refractivity (Wildman–Crippen MR) is 71.6 cm³/mol. The van der Waals surface area contributed by atoms with Crippen LogP contribution in [-0.2, 0) is 19.5 Å². The molecule has 92 valence electrons. The molecule has 0 aromatic carbocycles. The number of aryl methyl sites for hydroxylation is 2. The zero-order valence-corrected chi connectivity index (χ0v) is 12.3. The van der Waals surface area contributed by atoms with Crippen LogP contribution in [0.15, 0.2) is 4.47 Å². The van der Waals surface area contributed by atoms with Crippen molar-refractivity contribution < 1.29 is 0 Å². The minimum absolute atomic E-state index is 0.938. The molecule has 0 N–H and O–H groups in total. The molecule has 1 aromatic heterocycles. The van der Waals surface area contributed by atoms with Gasteiger partial charge in [0.15, 0.2) is 0 Å². The average Bonchev–Trinajstić information content (AvgIpc) is 2.56. The van der Waals surface area contributed by atoms with Crippen LogP contribution < -0.4 is 0 Å². The first-order chi connectivity index (χ1) is 7.63. The van der Waals surface area contributed by atoms with Crippen molar-refractivity contribution in [1.82, 2.24) is 14.7 Å². The fourth-order valence-electron chi connectivity index (χ4n) is 1.88. The third-order valence-corrected chi connectivity index (χ3v) is 3.63. The van der Waals surface area contributed by atoms with Crippen LogP contribution in [0.1, 0.15) is 38.6 Å². The zero-order chi connectivity index (χ0) is 12.1. The second-order valence-corrected chi connectivity index (χ2v) is 4.91. The number of hydrogen-bond acceptors (Lipinski definition) is 2. The molecule has 0 saturated carbocycles. The molecular formula is C12H22BrN3. The van der Waals surface area contributed by atoms with Crippen molar-refractivity contribution in [2.75, 3.05) is 13.6 Å². The second kappa shape index (κ2) is 6.40. The Bertz CT molecular complexity index is 333. The molecule has 0 aliphatic rings. The number of hydrogen-bond donors (Lipinski definition) is 0. The topological polar surface area (TPSA) is 21.1 Å². The van der Waals surface area contributed by atoms with Gasteiger partial charge in [0, 0.05) is 13.1 Å². The summed E-state index contributed by atoms with van der Waals surface area (Å²) in [4.78, 5) is 2.34. The molecule has 0 bridgehead atoms. The Morgan fingerprint density at radius 1 is 1.31 bits per heavy atom. The van der Waals surface area contributed by atoms with E-state index in [0.29, 0.717) is 0 Å². The van der Waals surface area contributed by atoms with E-state index in [1.165, 1.54) is 22.3 Å². The van der Waals surface area contributed by atoms with Crippen LogP contribution in [0.25, 0.3) is 0 Å². The maximum Gasteiger partial charge on any atom is 0.0767 e. The van der Waals surface area contributed by atoms with Gasteiger partial charge in [-0.25, -0.2) is 0 Å². The Kier molecular flexibility index (Phi) is 5.49. The molecule has 0 amide bonds. The smallest absolute Gasteiger partial charge is 0.0767 e. The molecule has 3 nitrogen and oxygen atoms in total. The predicted octanol–water partition coefficient (Wildman–Crippen LogP) is 3.07. The molecule has 4 heteroatoms. The molecule has 1 aromatic rings. The lowest BCUT2D eigenvalue weighted by Crippen LogP contribution is -2.21. The maximum atomic E-state index is 4.60. The van der Waals surface area contributed by atoms with Crippen molar-refractivity contribution in [2.24, 2.45) is 0 Å². The van der Waals surface area contributed by atoms with Gasteiger partial charge in [-0.15, -0.1) is 0 Å². The van der Waals surface area contributed by atoms with Crippen molar-refractivity contribution in [3.63, 3.8) is 0 Å². The van der Waals surface area contributed by atoms with Crippen molar-refractivity contribution >= 4 is 15.9 Å². The Labute approximate surface area is 107 Å². The van der Waals surface area contributed by atoms with E-state index < -0.39 is 0 Å². The quantitative estimate of drug-likeness (QED) is 0.802. The summed E-state index contributed by atoms with van der Waals surface area (Å²) in [5.41, 5.74) is 2.47. The molecule has 1 rings (SSSR count). The number of halogens is 1. The molecule has 0 fully saturated rings. The van der Waals surface area contributed by atoms with E-state index >= 15 is 0 Å². The van der Waals surface area contributed by atoms with E-state index in [4.69, 9.17) is 0 Å². The van der Waals surface area contributed by atoms with E-state index in [1.807, 2.05) is 0 Å². The largest absolute Gasteiger partial charge is 0.301 e. The fourth-order valence-corrected chi connectivity index (χ4v) is 2.57. The number of nitrogens with zero attached hydrogens (tertiary/aromatic N) is 3. The second-order valence-electron chi connectivity index (χ2n) is 4.11. The van der Waals surface area contributed by atoms with Crippen LogP contribution in [0.4, 0.5) is 0 Å². The Morgan fingerprint density at radius 3 is 2.50 bits per heavy atom. The van der Waals surface area contributed by atoms with Gasteiger partial charge in [0.2, 0.25) is 0 Å². The van der Waals surface area contributed by atoms with Gasteiger partial charge < -0.3 is 4.90 Å². The number of rotatable bonds is 6. The van der Waals surface area contributed by atoms with Gasteiger partial charge in [-0.1, -0.05) is 13.8 Å². The summed E-state index contributed by atoms with van der Waals surface area (Å²) in [6, 6.07) is 0. The molecule has 0 saturated heterocycles. The van der Waals surface area contributed by atoms with Gasteiger partial charge in [-0.3, -0.25) is 4.68 Å². The molecule has 1 heterocycles. The van der Waals surface area contributed by atoms with Gasteiger partial charge in [-0.2, -0.15) is 5.10 Å². The Morgan fingerprint density at radius 2 is 2.00 bits per heavy atom. The SMILES string of the molecule is CCCN(C)Cc1c(Br)c(CC)nn1CC. The molecule has 0 aliphatic heterocycles. The van der Waals surface area contributed by atoms with Crippen LogP contribution in [0.3, 0.4) is 0 Å². The first-order valence-corrected chi connectivity index (χ1v) is 6.85. The van der Waals surface area contributed by atoms with Gasteiger partial charge in [-0.05, 0) is 49.3 Å². The lowest BCUT2D eigenvalue weighted by atomic mass is 10.3. The maximum absolute atomic E-state index is 4.60. The molecule has 16 heavy (non-hydrogen) atoms. The molecule has 0 spiro atoms. The zero-order valence-electron chi connectivity index (χ0n) is 10.8. The van der Waals surface area contributed by atoms with E-state index in [2.05, 4.69) is 58.4 Å². The van der Waals surface area contributed by atoms with E-state index in [1.54, 1.807) is 0 Å². The van der Waals surface area contributed by atoms with Crippen molar-refractivity contribution in [1.29, 1.82) is 0 Å². The van der Waals surface area contributed by atoms with Crippen molar-refractivity contribution in [3.8, 4) is 0 Å². The number of aromatic nitrogens is 2. The lowest BCUT2D eigenvalue weighted by Gasteiger charge is -2.16. The average molecular weight is 288 g/mol. The molecule has 0 aliphatic carbocycles. The highest BCUT2D eigenvalue weighted by Gasteiger charge is 2.14. The van der Waals surface area contributed by atoms with E-state index in [0.717, 1.165) is 26.1 Å². The normalized spacial score (nSPS) is 11.4. The summed E-state index contributed by atoms with van der Waals surface area (Å²) in [5, 5.41) is 4.60. The highest BCUT2D eigenvalue weighted by Crippen LogP contribution is 2.23. The first-order valence-electron chi connectivity index (χ1n) is 6.06. The minimum Gasteiger partial charge on any atom is -0.301 e. The summed E-state index contributed by atoms with van der Waals surface area (Å²) in [6.45, 7) is 9.53. The monoisotopic (exact) mass is 287 g/mol. The summed E-state index contributed by atoms with van der Waals surface area (Å²) < 4.78 is 3.30. The van der Waals surface area contributed by atoms with Crippen LogP contribution >= 0.6 is 15.9 Å². The van der Waals surface area contributed by atoms with Gasteiger partial charge >= 0.3 is 0 Å². The van der Waals surface area contributed by atoms with Gasteiger partial charge in [0.25, 0.3) is 0 Å². The molecular weight excluding hydrogens is 266 g/mol. The third kappa shape index (κ3) is 3.08. The third-order valence-electron chi connectivity index (χ3n) is 2.72. The van der Waals surface area contributed by atoms with Crippen LogP contribution in [0.2, 0.25) is 0 Å². The van der Waals surface area contributed by atoms with Crippen LogP contribution in [0, 0.1) is 0 Å². The Hall–Kier alpha value is -0.350. The summed E-state index contributed by atoms with van der Waals surface area (Å²) in [7, 11) is 2.16. The van der Waals surface area contributed by atoms with Crippen molar-refractivity contribution in [2.45, 2.75) is 46.7 Å². The fraction of sp³-hybridized carbons (Fsp3) is 0.750.